The van der Waals surface area contributed by atoms with Crippen LogP contribution >= 0.6 is 11.8 Å². The fourth-order valence-electron chi connectivity index (χ4n) is 0.400. The van der Waals surface area contributed by atoms with Crippen LogP contribution in [0, 0.1) is 0 Å². The Balaban J connectivity index is 3.54. The first kappa shape index (κ1) is 11.2. The maximum absolute atomic E-state index is 11.6. The molecular formula is C5H11BF3OS-. The molecule has 0 saturated heterocycles. The van der Waals surface area contributed by atoms with Gasteiger partial charge in [0.15, 0.2) is 0 Å². The van der Waals surface area contributed by atoms with Gasteiger partial charge in [-0.05, 0) is 12.6 Å². The van der Waals surface area contributed by atoms with E-state index in [0.29, 0.717) is 0 Å². The number of aliphatic hydroxyl groups is 1. The van der Waals surface area contributed by atoms with Crippen LogP contribution < -0.4 is 0 Å². The summed E-state index contributed by atoms with van der Waals surface area (Å²) >= 11 is 0.744. The zero-order chi connectivity index (χ0) is 9.07. The van der Waals surface area contributed by atoms with E-state index in [4.69, 9.17) is 5.11 Å². The van der Waals surface area contributed by atoms with Crippen molar-refractivity contribution < 1.29 is 18.1 Å². The van der Waals surface area contributed by atoms with Gasteiger partial charge in [0.05, 0.1) is 6.10 Å². The molecule has 0 aliphatic heterocycles. The second-order valence-corrected chi connectivity index (χ2v) is 3.90. The van der Waals surface area contributed by atoms with Gasteiger partial charge < -0.3 is 18.1 Å². The Morgan fingerprint density at radius 2 is 1.82 bits per heavy atom. The molecule has 0 aromatic carbocycles. The number of rotatable bonds is 4. The minimum absolute atomic E-state index is 0.349. The second kappa shape index (κ2) is 4.26. The van der Waals surface area contributed by atoms with Crippen molar-refractivity contribution >= 4 is 18.7 Å². The number of hydrogen-bond acceptors (Lipinski definition) is 2. The van der Waals surface area contributed by atoms with Gasteiger partial charge in [0.1, 0.15) is 0 Å². The summed E-state index contributed by atoms with van der Waals surface area (Å²) in [6.45, 7) is -1.64. The first-order valence-electron chi connectivity index (χ1n) is 3.33. The van der Waals surface area contributed by atoms with Crippen molar-refractivity contribution in [2.24, 2.45) is 0 Å². The lowest BCUT2D eigenvalue weighted by Crippen LogP contribution is -2.24. The van der Waals surface area contributed by atoms with E-state index in [-0.39, 0.29) is 5.25 Å². The monoisotopic (exact) mass is 187 g/mol. The molecule has 0 aromatic rings. The topological polar surface area (TPSA) is 20.2 Å². The van der Waals surface area contributed by atoms with Crippen LogP contribution in [-0.4, -0.2) is 29.1 Å². The Morgan fingerprint density at radius 1 is 1.36 bits per heavy atom. The number of thioether (sulfide) groups is 1. The Morgan fingerprint density at radius 3 is 2.09 bits per heavy atom. The average molecular weight is 187 g/mol. The molecule has 0 aromatic heterocycles. The molecule has 1 nitrogen and oxygen atoms in total. The van der Waals surface area contributed by atoms with Gasteiger partial charge in [0.25, 0.3) is 0 Å². The molecule has 0 spiro atoms. The van der Waals surface area contributed by atoms with Crippen molar-refractivity contribution in [2.75, 3.05) is 5.65 Å². The highest BCUT2D eigenvalue weighted by atomic mass is 32.2. The van der Waals surface area contributed by atoms with Gasteiger partial charge in [-0.25, -0.2) is 0 Å². The Hall–Kier alpha value is 0.165. The Labute approximate surface area is 68.4 Å². The van der Waals surface area contributed by atoms with Crippen LogP contribution in [0.1, 0.15) is 13.8 Å². The standard InChI is InChI=1S/C5H11BF3OS/c1-4(10)5(2)11-3-6(7,8)9/h4-5,10H,3H2,1-2H3/q-1. The van der Waals surface area contributed by atoms with Gasteiger partial charge >= 0.3 is 6.98 Å². The van der Waals surface area contributed by atoms with Crippen molar-refractivity contribution in [2.45, 2.75) is 25.2 Å². The molecule has 0 saturated carbocycles. The van der Waals surface area contributed by atoms with E-state index >= 15 is 0 Å². The smallest absolute Gasteiger partial charge is 0.448 e. The quantitative estimate of drug-likeness (QED) is 0.678. The molecule has 2 unspecified atom stereocenters. The number of halogens is 3. The molecule has 0 bridgehead atoms. The SMILES string of the molecule is CC(O)C(C)SC[B-](F)(F)F. The number of hydrogen-bond donors (Lipinski definition) is 1. The summed E-state index contributed by atoms with van der Waals surface area (Å²) in [6, 6.07) is 0. The lowest BCUT2D eigenvalue weighted by atomic mass is 9.98. The highest BCUT2D eigenvalue weighted by Gasteiger charge is 2.24. The second-order valence-electron chi connectivity index (χ2n) is 2.49. The summed E-state index contributed by atoms with van der Waals surface area (Å²) in [4.78, 5) is 0. The molecule has 2 atom stereocenters. The fraction of sp³-hybridized carbons (Fsp3) is 1.00. The minimum atomic E-state index is -4.71. The Kier molecular flexibility index (Phi) is 4.32. The lowest BCUT2D eigenvalue weighted by molar-refractivity contribution is 0.196. The molecule has 0 aliphatic carbocycles. The molecule has 11 heavy (non-hydrogen) atoms. The van der Waals surface area contributed by atoms with Gasteiger partial charge in [-0.2, -0.15) is 11.8 Å². The average Bonchev–Trinajstić information content (AvgIpc) is 1.80. The van der Waals surface area contributed by atoms with Gasteiger partial charge in [0.2, 0.25) is 0 Å². The predicted octanol–water partition coefficient (Wildman–Crippen LogP) is 1.88. The van der Waals surface area contributed by atoms with E-state index in [9.17, 15) is 12.9 Å². The maximum atomic E-state index is 11.6. The molecule has 0 amide bonds. The highest BCUT2D eigenvalue weighted by molar-refractivity contribution is 8.01. The van der Waals surface area contributed by atoms with Gasteiger partial charge in [-0.3, -0.25) is 0 Å². The molecular weight excluding hydrogens is 176 g/mol. The first-order valence-corrected chi connectivity index (χ1v) is 4.38. The number of aliphatic hydroxyl groups excluding tert-OH is 1. The highest BCUT2D eigenvalue weighted by Crippen LogP contribution is 2.21. The van der Waals surface area contributed by atoms with Gasteiger partial charge in [-0.1, -0.05) is 6.92 Å². The van der Waals surface area contributed by atoms with Crippen molar-refractivity contribution in [1.29, 1.82) is 0 Å². The molecule has 0 heterocycles. The van der Waals surface area contributed by atoms with E-state index in [2.05, 4.69) is 0 Å². The van der Waals surface area contributed by atoms with Crippen LogP contribution in [0.2, 0.25) is 0 Å². The molecule has 6 heteroatoms. The van der Waals surface area contributed by atoms with Crippen LogP contribution in [0.3, 0.4) is 0 Å². The van der Waals surface area contributed by atoms with Gasteiger partial charge in [0, 0.05) is 5.25 Å². The van der Waals surface area contributed by atoms with Crippen LogP contribution in [0.5, 0.6) is 0 Å². The van der Waals surface area contributed by atoms with Crippen LogP contribution in [0.15, 0.2) is 0 Å². The van der Waals surface area contributed by atoms with Crippen molar-refractivity contribution in [3.05, 3.63) is 0 Å². The fourth-order valence-corrected chi connectivity index (χ4v) is 1.20. The molecule has 0 aliphatic rings. The van der Waals surface area contributed by atoms with Gasteiger partial charge in [-0.15, -0.1) is 0 Å². The molecule has 0 rings (SSSR count). The summed E-state index contributed by atoms with van der Waals surface area (Å²) in [5.41, 5.74) is -0.827. The van der Waals surface area contributed by atoms with E-state index in [1.165, 1.54) is 6.92 Å². The van der Waals surface area contributed by atoms with E-state index in [1.807, 2.05) is 0 Å². The summed E-state index contributed by atoms with van der Waals surface area (Å²) in [7, 11) is 0. The largest absolute Gasteiger partial charge is 0.488 e. The van der Waals surface area contributed by atoms with Crippen LogP contribution in [-0.2, 0) is 0 Å². The zero-order valence-electron chi connectivity index (χ0n) is 6.43. The minimum Gasteiger partial charge on any atom is -0.448 e. The van der Waals surface area contributed by atoms with Crippen molar-refractivity contribution in [3.63, 3.8) is 0 Å². The molecule has 1 N–H and O–H groups in total. The van der Waals surface area contributed by atoms with E-state index in [1.54, 1.807) is 6.92 Å². The third kappa shape index (κ3) is 6.56. The first-order chi connectivity index (χ1) is 4.83. The lowest BCUT2D eigenvalue weighted by Gasteiger charge is -2.18. The van der Waals surface area contributed by atoms with Crippen LogP contribution in [0.25, 0.3) is 0 Å². The third-order valence-corrected chi connectivity index (χ3v) is 2.72. The molecule has 68 valence electrons. The summed E-state index contributed by atoms with van der Waals surface area (Å²) < 4.78 is 34.9. The van der Waals surface area contributed by atoms with Crippen LogP contribution in [0.4, 0.5) is 12.9 Å². The summed E-state index contributed by atoms with van der Waals surface area (Å²) in [5, 5.41) is 8.49. The predicted molar refractivity (Wildman–Crippen MR) is 42.7 cm³/mol. The maximum Gasteiger partial charge on any atom is 0.488 e. The normalized spacial score (nSPS) is 18.0. The van der Waals surface area contributed by atoms with E-state index in [0.717, 1.165) is 11.8 Å². The third-order valence-electron chi connectivity index (χ3n) is 1.23. The zero-order valence-corrected chi connectivity index (χ0v) is 7.25. The summed E-state index contributed by atoms with van der Waals surface area (Å²) in [5.74, 6) is 0. The van der Waals surface area contributed by atoms with Crippen molar-refractivity contribution in [1.82, 2.24) is 0 Å². The van der Waals surface area contributed by atoms with E-state index < -0.39 is 18.7 Å². The Bertz CT molecular complexity index is 117. The van der Waals surface area contributed by atoms with Crippen molar-refractivity contribution in [3.8, 4) is 0 Å². The molecule has 0 fully saturated rings. The summed E-state index contributed by atoms with van der Waals surface area (Å²) in [6.07, 6.45) is -0.682. The molecule has 0 radical (unpaired) electrons.